The molecular formula is C11H24N2. The second-order valence-electron chi connectivity index (χ2n) is 5.13. The molecule has 0 spiro atoms. The molecular weight excluding hydrogens is 160 g/mol. The first-order chi connectivity index (χ1) is 6.06. The van der Waals surface area contributed by atoms with Crippen LogP contribution in [0, 0.1) is 11.3 Å². The van der Waals surface area contributed by atoms with E-state index in [0.717, 1.165) is 19.0 Å². The van der Waals surface area contributed by atoms with Crippen LogP contribution < -0.4 is 5.73 Å². The van der Waals surface area contributed by atoms with Crippen molar-refractivity contribution in [3.63, 3.8) is 0 Å². The van der Waals surface area contributed by atoms with E-state index in [4.69, 9.17) is 5.73 Å². The number of hydrogen-bond donors (Lipinski definition) is 1. The van der Waals surface area contributed by atoms with Crippen molar-refractivity contribution in [1.29, 1.82) is 0 Å². The molecule has 78 valence electrons. The standard InChI is InChI=1S/C11H24N2/c1-11(2)6-4-5-10(11)9-13(3)8-7-12/h10H,4-9,12H2,1-3H3. The van der Waals surface area contributed by atoms with Crippen molar-refractivity contribution < 1.29 is 0 Å². The van der Waals surface area contributed by atoms with Gasteiger partial charge in [-0.1, -0.05) is 20.3 Å². The average Bonchev–Trinajstić information content (AvgIpc) is 2.31. The van der Waals surface area contributed by atoms with Gasteiger partial charge >= 0.3 is 0 Å². The first-order valence-electron chi connectivity index (χ1n) is 5.45. The Morgan fingerprint density at radius 1 is 1.46 bits per heavy atom. The molecule has 13 heavy (non-hydrogen) atoms. The molecule has 2 N–H and O–H groups in total. The van der Waals surface area contributed by atoms with E-state index in [1.54, 1.807) is 0 Å². The lowest BCUT2D eigenvalue weighted by molar-refractivity contribution is 0.185. The molecule has 1 fully saturated rings. The van der Waals surface area contributed by atoms with Crippen LogP contribution in [-0.4, -0.2) is 31.6 Å². The molecule has 0 aromatic heterocycles. The van der Waals surface area contributed by atoms with E-state index >= 15 is 0 Å². The predicted molar refractivity (Wildman–Crippen MR) is 57.7 cm³/mol. The van der Waals surface area contributed by atoms with E-state index in [9.17, 15) is 0 Å². The maximum absolute atomic E-state index is 5.53. The third-order valence-electron chi connectivity index (χ3n) is 3.52. The van der Waals surface area contributed by atoms with Crippen LogP contribution in [0.3, 0.4) is 0 Å². The molecule has 1 aliphatic rings. The summed E-state index contributed by atoms with van der Waals surface area (Å²) in [6, 6.07) is 0. The molecule has 1 atom stereocenters. The topological polar surface area (TPSA) is 29.3 Å². The third-order valence-corrected chi connectivity index (χ3v) is 3.52. The van der Waals surface area contributed by atoms with Crippen molar-refractivity contribution in [2.24, 2.45) is 17.1 Å². The van der Waals surface area contributed by atoms with E-state index in [1.807, 2.05) is 0 Å². The SMILES string of the molecule is CN(CCN)CC1CCCC1(C)C. The molecule has 0 heterocycles. The van der Waals surface area contributed by atoms with Gasteiger partial charge in [-0.25, -0.2) is 0 Å². The summed E-state index contributed by atoms with van der Waals surface area (Å²) in [5.74, 6) is 0.879. The molecule has 1 rings (SSSR count). The predicted octanol–water partition coefficient (Wildman–Crippen LogP) is 1.70. The zero-order valence-corrected chi connectivity index (χ0v) is 9.34. The van der Waals surface area contributed by atoms with Crippen molar-refractivity contribution >= 4 is 0 Å². The summed E-state index contributed by atoms with van der Waals surface area (Å²) < 4.78 is 0. The van der Waals surface area contributed by atoms with Crippen molar-refractivity contribution in [3.05, 3.63) is 0 Å². The van der Waals surface area contributed by atoms with Crippen LogP contribution in [0.1, 0.15) is 33.1 Å². The van der Waals surface area contributed by atoms with Gasteiger partial charge in [0.2, 0.25) is 0 Å². The molecule has 1 unspecified atom stereocenters. The lowest BCUT2D eigenvalue weighted by Crippen LogP contribution is -2.34. The number of nitrogens with zero attached hydrogens (tertiary/aromatic N) is 1. The van der Waals surface area contributed by atoms with Crippen LogP contribution in [0.15, 0.2) is 0 Å². The lowest BCUT2D eigenvalue weighted by atomic mass is 9.81. The van der Waals surface area contributed by atoms with Gasteiger partial charge in [0.25, 0.3) is 0 Å². The van der Waals surface area contributed by atoms with Crippen LogP contribution in [0.2, 0.25) is 0 Å². The van der Waals surface area contributed by atoms with Gasteiger partial charge in [-0.15, -0.1) is 0 Å². The van der Waals surface area contributed by atoms with Crippen LogP contribution in [-0.2, 0) is 0 Å². The fourth-order valence-electron chi connectivity index (χ4n) is 2.43. The second-order valence-corrected chi connectivity index (χ2v) is 5.13. The van der Waals surface area contributed by atoms with Crippen LogP contribution in [0.25, 0.3) is 0 Å². The van der Waals surface area contributed by atoms with Crippen molar-refractivity contribution in [3.8, 4) is 0 Å². The lowest BCUT2D eigenvalue weighted by Gasteiger charge is -2.30. The van der Waals surface area contributed by atoms with E-state index in [2.05, 4.69) is 25.8 Å². The summed E-state index contributed by atoms with van der Waals surface area (Å²) in [5.41, 5.74) is 6.09. The summed E-state index contributed by atoms with van der Waals surface area (Å²) in [4.78, 5) is 2.37. The highest BCUT2D eigenvalue weighted by Gasteiger charge is 2.34. The van der Waals surface area contributed by atoms with Crippen molar-refractivity contribution in [2.75, 3.05) is 26.7 Å². The number of likely N-dealkylation sites (N-methyl/N-ethyl adjacent to an activating group) is 1. The summed E-state index contributed by atoms with van der Waals surface area (Å²) in [6.45, 7) is 7.85. The number of hydrogen-bond acceptors (Lipinski definition) is 2. The molecule has 1 saturated carbocycles. The largest absolute Gasteiger partial charge is 0.329 e. The zero-order chi connectivity index (χ0) is 9.90. The minimum absolute atomic E-state index is 0.558. The van der Waals surface area contributed by atoms with Crippen molar-refractivity contribution in [1.82, 2.24) is 4.90 Å². The van der Waals surface area contributed by atoms with Gasteiger partial charge in [0, 0.05) is 19.6 Å². The summed E-state index contributed by atoms with van der Waals surface area (Å²) in [7, 11) is 2.18. The zero-order valence-electron chi connectivity index (χ0n) is 9.34. The van der Waals surface area contributed by atoms with Gasteiger partial charge in [0.05, 0.1) is 0 Å². The van der Waals surface area contributed by atoms with Crippen molar-refractivity contribution in [2.45, 2.75) is 33.1 Å². The summed E-state index contributed by atoms with van der Waals surface area (Å²) >= 11 is 0. The fraction of sp³-hybridized carbons (Fsp3) is 1.00. The number of nitrogens with two attached hydrogens (primary N) is 1. The fourth-order valence-corrected chi connectivity index (χ4v) is 2.43. The molecule has 0 bridgehead atoms. The Labute approximate surface area is 82.5 Å². The highest BCUT2D eigenvalue weighted by molar-refractivity contribution is 4.86. The van der Waals surface area contributed by atoms with Gasteiger partial charge in [0.15, 0.2) is 0 Å². The maximum Gasteiger partial charge on any atom is 0.0102 e. The van der Waals surface area contributed by atoms with Gasteiger partial charge in [-0.05, 0) is 31.2 Å². The molecule has 0 aliphatic heterocycles. The molecule has 1 aliphatic carbocycles. The van der Waals surface area contributed by atoms with E-state index in [0.29, 0.717) is 5.41 Å². The van der Waals surface area contributed by atoms with Gasteiger partial charge in [-0.3, -0.25) is 0 Å². The first-order valence-corrected chi connectivity index (χ1v) is 5.45. The maximum atomic E-state index is 5.53. The smallest absolute Gasteiger partial charge is 0.0102 e. The minimum atomic E-state index is 0.558. The molecule has 2 nitrogen and oxygen atoms in total. The molecule has 2 heteroatoms. The Bertz CT molecular complexity index is 154. The van der Waals surface area contributed by atoms with E-state index in [1.165, 1.54) is 25.8 Å². The molecule has 0 aromatic carbocycles. The van der Waals surface area contributed by atoms with Gasteiger partial charge in [0.1, 0.15) is 0 Å². The van der Waals surface area contributed by atoms with Gasteiger partial charge in [-0.2, -0.15) is 0 Å². The average molecular weight is 184 g/mol. The second kappa shape index (κ2) is 4.43. The molecule has 0 amide bonds. The monoisotopic (exact) mass is 184 g/mol. The Morgan fingerprint density at radius 3 is 2.62 bits per heavy atom. The molecule has 0 saturated heterocycles. The third kappa shape index (κ3) is 2.96. The Morgan fingerprint density at radius 2 is 2.15 bits per heavy atom. The summed E-state index contributed by atoms with van der Waals surface area (Å²) in [6.07, 6.45) is 4.21. The summed E-state index contributed by atoms with van der Waals surface area (Å²) in [5, 5.41) is 0. The van der Waals surface area contributed by atoms with Crippen LogP contribution in [0.5, 0.6) is 0 Å². The minimum Gasteiger partial charge on any atom is -0.329 e. The van der Waals surface area contributed by atoms with Crippen LogP contribution in [0.4, 0.5) is 0 Å². The highest BCUT2D eigenvalue weighted by atomic mass is 15.1. The Kier molecular flexibility index (Phi) is 3.74. The van der Waals surface area contributed by atoms with E-state index < -0.39 is 0 Å². The number of rotatable bonds is 4. The quantitative estimate of drug-likeness (QED) is 0.720. The van der Waals surface area contributed by atoms with E-state index in [-0.39, 0.29) is 0 Å². The van der Waals surface area contributed by atoms with Gasteiger partial charge < -0.3 is 10.6 Å². The highest BCUT2D eigenvalue weighted by Crippen LogP contribution is 2.42. The molecule has 0 aromatic rings. The molecule has 0 radical (unpaired) electrons. The Balaban J connectivity index is 2.35. The van der Waals surface area contributed by atoms with Crippen LogP contribution >= 0.6 is 0 Å². The first kappa shape index (κ1) is 11.0. The normalized spacial score (nSPS) is 27.0. The Hall–Kier alpha value is -0.0800.